The number of benzene rings is 1. The Morgan fingerprint density at radius 2 is 2.05 bits per heavy atom. The number of carbonyl (C=O) groups is 1. The summed E-state index contributed by atoms with van der Waals surface area (Å²) in [6, 6.07) is 10.2. The molecule has 1 saturated carbocycles. The SMILES string of the molecule is O=C1C(Cc2ccccc2)C2CCCCC2=NN1CCO. The molecule has 0 radical (unpaired) electrons. The average molecular weight is 286 g/mol. The molecule has 2 aliphatic rings. The van der Waals surface area contributed by atoms with Crippen LogP contribution >= 0.6 is 0 Å². The molecule has 1 aromatic carbocycles. The second-order valence-corrected chi connectivity index (χ2v) is 5.92. The molecule has 1 aliphatic heterocycles. The number of amides is 1. The van der Waals surface area contributed by atoms with E-state index in [1.165, 1.54) is 17.0 Å². The number of hydrazone groups is 1. The summed E-state index contributed by atoms with van der Waals surface area (Å²) in [7, 11) is 0. The third kappa shape index (κ3) is 3.00. The zero-order valence-corrected chi connectivity index (χ0v) is 12.2. The van der Waals surface area contributed by atoms with Crippen molar-refractivity contribution in [1.82, 2.24) is 5.01 Å². The van der Waals surface area contributed by atoms with Crippen LogP contribution in [0.3, 0.4) is 0 Å². The number of aliphatic hydroxyl groups excluding tert-OH is 1. The Labute approximate surface area is 125 Å². The summed E-state index contributed by atoms with van der Waals surface area (Å²) >= 11 is 0. The molecule has 0 bridgehead atoms. The minimum atomic E-state index is -0.0365. The Bertz CT molecular complexity index is 527. The lowest BCUT2D eigenvalue weighted by Gasteiger charge is -2.38. The Morgan fingerprint density at radius 1 is 1.24 bits per heavy atom. The Balaban J connectivity index is 1.86. The third-order valence-corrected chi connectivity index (χ3v) is 4.54. The van der Waals surface area contributed by atoms with Crippen LogP contribution in [-0.2, 0) is 11.2 Å². The lowest BCUT2D eigenvalue weighted by Crippen LogP contribution is -2.47. The summed E-state index contributed by atoms with van der Waals surface area (Å²) < 4.78 is 0. The number of hydrogen-bond acceptors (Lipinski definition) is 3. The number of aliphatic hydroxyl groups is 1. The molecule has 4 heteroatoms. The van der Waals surface area contributed by atoms with Gasteiger partial charge >= 0.3 is 0 Å². The highest BCUT2D eigenvalue weighted by Gasteiger charge is 2.39. The maximum absolute atomic E-state index is 12.7. The van der Waals surface area contributed by atoms with Gasteiger partial charge in [-0.05, 0) is 31.2 Å². The van der Waals surface area contributed by atoms with Gasteiger partial charge in [0.1, 0.15) is 0 Å². The first-order chi connectivity index (χ1) is 10.3. The molecule has 1 fully saturated rings. The van der Waals surface area contributed by atoms with Crippen LogP contribution in [0.15, 0.2) is 35.4 Å². The van der Waals surface area contributed by atoms with Crippen molar-refractivity contribution in [2.75, 3.05) is 13.2 Å². The fourth-order valence-electron chi connectivity index (χ4n) is 3.50. The molecule has 2 unspecified atom stereocenters. The minimum Gasteiger partial charge on any atom is -0.394 e. The van der Waals surface area contributed by atoms with Crippen molar-refractivity contribution in [1.29, 1.82) is 0 Å². The van der Waals surface area contributed by atoms with Gasteiger partial charge in [-0.2, -0.15) is 5.10 Å². The molecular weight excluding hydrogens is 264 g/mol. The van der Waals surface area contributed by atoms with Crippen molar-refractivity contribution < 1.29 is 9.90 Å². The minimum absolute atomic E-state index is 0.0215. The standard InChI is InChI=1S/C17H22N2O2/c20-11-10-19-17(21)15(12-13-6-2-1-3-7-13)14-8-4-5-9-16(14)18-19/h1-3,6-7,14-15,20H,4-5,8-12H2. The van der Waals surface area contributed by atoms with E-state index in [4.69, 9.17) is 5.11 Å². The molecule has 1 N–H and O–H groups in total. The number of nitrogens with zero attached hydrogens (tertiary/aromatic N) is 2. The van der Waals surface area contributed by atoms with Crippen LogP contribution in [0.25, 0.3) is 0 Å². The second-order valence-electron chi connectivity index (χ2n) is 5.92. The van der Waals surface area contributed by atoms with E-state index in [0.29, 0.717) is 12.5 Å². The number of hydrogen-bond donors (Lipinski definition) is 1. The van der Waals surface area contributed by atoms with Crippen LogP contribution < -0.4 is 0 Å². The molecule has 1 heterocycles. The van der Waals surface area contributed by atoms with Gasteiger partial charge in [-0.25, -0.2) is 5.01 Å². The monoisotopic (exact) mass is 286 g/mol. The Hall–Kier alpha value is -1.68. The van der Waals surface area contributed by atoms with Gasteiger partial charge in [0.25, 0.3) is 0 Å². The van der Waals surface area contributed by atoms with Gasteiger partial charge < -0.3 is 5.11 Å². The second kappa shape index (κ2) is 6.39. The van der Waals surface area contributed by atoms with Gasteiger partial charge in [-0.1, -0.05) is 36.8 Å². The quantitative estimate of drug-likeness (QED) is 0.922. The van der Waals surface area contributed by atoms with Crippen LogP contribution in [0.2, 0.25) is 0 Å². The normalized spacial score (nSPS) is 25.5. The number of rotatable bonds is 4. The van der Waals surface area contributed by atoms with Gasteiger partial charge in [0, 0.05) is 11.6 Å². The highest BCUT2D eigenvalue weighted by molar-refractivity contribution is 5.96. The van der Waals surface area contributed by atoms with E-state index in [0.717, 1.165) is 31.4 Å². The lowest BCUT2D eigenvalue weighted by molar-refractivity contribution is -0.138. The van der Waals surface area contributed by atoms with Crippen LogP contribution in [-0.4, -0.2) is 34.9 Å². The van der Waals surface area contributed by atoms with E-state index < -0.39 is 0 Å². The van der Waals surface area contributed by atoms with Gasteiger partial charge in [0.15, 0.2) is 0 Å². The predicted octanol–water partition coefficient (Wildman–Crippen LogP) is 2.23. The van der Waals surface area contributed by atoms with E-state index in [-0.39, 0.29) is 18.4 Å². The highest BCUT2D eigenvalue weighted by Crippen LogP contribution is 2.35. The van der Waals surface area contributed by atoms with Crippen LogP contribution in [0.4, 0.5) is 0 Å². The molecule has 1 aliphatic carbocycles. The van der Waals surface area contributed by atoms with Crippen molar-refractivity contribution in [3.8, 4) is 0 Å². The van der Waals surface area contributed by atoms with Crippen LogP contribution in [0.5, 0.6) is 0 Å². The van der Waals surface area contributed by atoms with Gasteiger partial charge in [0.05, 0.1) is 19.1 Å². The Kier molecular flexibility index (Phi) is 4.34. The largest absolute Gasteiger partial charge is 0.394 e. The molecular formula is C17H22N2O2. The first-order valence-electron chi connectivity index (χ1n) is 7.83. The van der Waals surface area contributed by atoms with Gasteiger partial charge in [0.2, 0.25) is 5.91 Å². The molecule has 2 atom stereocenters. The van der Waals surface area contributed by atoms with Gasteiger partial charge in [-0.3, -0.25) is 4.79 Å². The smallest absolute Gasteiger partial charge is 0.246 e. The zero-order valence-electron chi connectivity index (χ0n) is 12.2. The van der Waals surface area contributed by atoms with Crippen molar-refractivity contribution in [3.63, 3.8) is 0 Å². The topological polar surface area (TPSA) is 52.9 Å². The zero-order chi connectivity index (χ0) is 14.7. The molecule has 1 aromatic rings. The van der Waals surface area contributed by atoms with Gasteiger partial charge in [-0.15, -0.1) is 0 Å². The summed E-state index contributed by atoms with van der Waals surface area (Å²) in [6.07, 6.45) is 5.17. The van der Waals surface area contributed by atoms with Crippen molar-refractivity contribution in [2.24, 2.45) is 16.9 Å². The third-order valence-electron chi connectivity index (χ3n) is 4.54. The van der Waals surface area contributed by atoms with Crippen LogP contribution in [0.1, 0.15) is 31.2 Å². The molecule has 0 saturated heterocycles. The maximum atomic E-state index is 12.7. The van der Waals surface area contributed by atoms with Crippen LogP contribution in [0, 0.1) is 11.8 Å². The Morgan fingerprint density at radius 3 is 2.81 bits per heavy atom. The summed E-state index contributed by atoms with van der Waals surface area (Å²) in [5.41, 5.74) is 2.36. The van der Waals surface area contributed by atoms with E-state index in [2.05, 4.69) is 17.2 Å². The average Bonchev–Trinajstić information content (AvgIpc) is 2.52. The summed E-state index contributed by atoms with van der Waals surface area (Å²) in [5, 5.41) is 15.1. The molecule has 21 heavy (non-hydrogen) atoms. The molecule has 0 spiro atoms. The maximum Gasteiger partial charge on any atom is 0.246 e. The number of carbonyl (C=O) groups excluding carboxylic acids is 1. The van der Waals surface area contributed by atoms with Crippen molar-refractivity contribution in [2.45, 2.75) is 32.1 Å². The molecule has 3 rings (SSSR count). The lowest BCUT2D eigenvalue weighted by atomic mass is 9.74. The summed E-state index contributed by atoms with van der Waals surface area (Å²) in [4.78, 5) is 12.7. The van der Waals surface area contributed by atoms with Crippen molar-refractivity contribution in [3.05, 3.63) is 35.9 Å². The first kappa shape index (κ1) is 14.3. The summed E-state index contributed by atoms with van der Waals surface area (Å²) in [6.45, 7) is 0.269. The number of fused-ring (bicyclic) bond motifs is 1. The molecule has 112 valence electrons. The van der Waals surface area contributed by atoms with E-state index in [1.807, 2.05) is 18.2 Å². The van der Waals surface area contributed by atoms with Crippen molar-refractivity contribution >= 4 is 11.6 Å². The molecule has 1 amide bonds. The first-order valence-corrected chi connectivity index (χ1v) is 7.83. The number of β-amino-alcohol motifs (C(OH)–C–C–N with tert-alkyl or cyclic N) is 1. The predicted molar refractivity (Wildman–Crippen MR) is 81.8 cm³/mol. The van der Waals surface area contributed by atoms with E-state index in [1.54, 1.807) is 0 Å². The fourth-order valence-corrected chi connectivity index (χ4v) is 3.50. The molecule has 0 aromatic heterocycles. The van der Waals surface area contributed by atoms with E-state index in [9.17, 15) is 4.79 Å². The van der Waals surface area contributed by atoms with E-state index >= 15 is 0 Å². The molecule has 4 nitrogen and oxygen atoms in total. The highest BCUT2D eigenvalue weighted by atomic mass is 16.3. The fraction of sp³-hybridized carbons (Fsp3) is 0.529. The summed E-state index contributed by atoms with van der Waals surface area (Å²) in [5.74, 6) is 0.344.